The molecule has 19 heavy (non-hydrogen) atoms. The highest BCUT2D eigenvalue weighted by Gasteiger charge is 2.16. The van der Waals surface area contributed by atoms with Crippen LogP contribution in [-0.2, 0) is 0 Å². The molecule has 1 fully saturated rings. The second-order valence-corrected chi connectivity index (χ2v) is 5.25. The van der Waals surface area contributed by atoms with E-state index in [0.29, 0.717) is 16.9 Å². The number of hydrogen-bond donors (Lipinski definition) is 2. The highest BCUT2D eigenvalue weighted by atomic mass is 35.5. The predicted molar refractivity (Wildman–Crippen MR) is 80.0 cm³/mol. The number of aliphatic imine (C=N–C) groups is 1. The fraction of sp³-hybridized carbons (Fsp3) is 0.400. The molecular formula is C15H18ClN3. The maximum Gasteiger partial charge on any atom is 0.189 e. The van der Waals surface area contributed by atoms with Crippen LogP contribution in [0.4, 0.5) is 0 Å². The van der Waals surface area contributed by atoms with Crippen LogP contribution < -0.4 is 11.1 Å². The summed E-state index contributed by atoms with van der Waals surface area (Å²) in [6.45, 7) is 0.788. The number of nitrogens with two attached hydrogens (primary N) is 1. The van der Waals surface area contributed by atoms with Crippen LogP contribution in [0.5, 0.6) is 0 Å². The van der Waals surface area contributed by atoms with Gasteiger partial charge in [-0.3, -0.25) is 4.99 Å². The molecule has 0 saturated heterocycles. The second kappa shape index (κ2) is 6.49. The zero-order valence-electron chi connectivity index (χ0n) is 10.8. The average molecular weight is 276 g/mol. The Morgan fingerprint density at radius 3 is 2.68 bits per heavy atom. The Kier molecular flexibility index (Phi) is 4.70. The lowest BCUT2D eigenvalue weighted by Crippen LogP contribution is -2.35. The first-order valence-electron chi connectivity index (χ1n) is 6.47. The predicted octanol–water partition coefficient (Wildman–Crippen LogP) is 2.72. The molecule has 1 aromatic rings. The Morgan fingerprint density at radius 1 is 1.47 bits per heavy atom. The molecule has 1 aliphatic carbocycles. The van der Waals surface area contributed by atoms with Gasteiger partial charge in [-0.05, 0) is 36.5 Å². The van der Waals surface area contributed by atoms with Crippen molar-refractivity contribution in [2.24, 2.45) is 16.6 Å². The minimum absolute atomic E-state index is 0.276. The van der Waals surface area contributed by atoms with Gasteiger partial charge in [0.05, 0.1) is 0 Å². The third-order valence-electron chi connectivity index (χ3n) is 3.41. The molecule has 3 N–H and O–H groups in total. The van der Waals surface area contributed by atoms with Crippen LogP contribution in [0.15, 0.2) is 29.3 Å². The molecule has 1 aromatic carbocycles. The molecule has 1 unspecified atom stereocenters. The topological polar surface area (TPSA) is 50.4 Å². The Labute approximate surface area is 119 Å². The first kappa shape index (κ1) is 13.8. The molecule has 0 radical (unpaired) electrons. The summed E-state index contributed by atoms with van der Waals surface area (Å²) in [5.74, 6) is 3.77. The van der Waals surface area contributed by atoms with Crippen LogP contribution in [0, 0.1) is 18.3 Å². The SMILES string of the molecule is C#CC(NC(N)=NCC1CCC1)c1ccc(Cl)cc1. The van der Waals surface area contributed by atoms with Gasteiger partial charge in [0.25, 0.3) is 0 Å². The van der Waals surface area contributed by atoms with E-state index in [9.17, 15) is 0 Å². The van der Waals surface area contributed by atoms with Gasteiger partial charge in [0.2, 0.25) is 0 Å². The normalized spacial score (nSPS) is 17.4. The lowest BCUT2D eigenvalue weighted by atomic mass is 9.86. The van der Waals surface area contributed by atoms with Crippen LogP contribution in [0.2, 0.25) is 5.02 Å². The summed E-state index contributed by atoms with van der Waals surface area (Å²) in [6.07, 6.45) is 9.35. The van der Waals surface area contributed by atoms with Crippen molar-refractivity contribution in [3.8, 4) is 12.3 Å². The number of nitrogens with one attached hydrogen (secondary N) is 1. The molecule has 0 aromatic heterocycles. The number of rotatable bonds is 4. The molecule has 0 heterocycles. The Morgan fingerprint density at radius 2 is 2.16 bits per heavy atom. The minimum atomic E-state index is -0.276. The van der Waals surface area contributed by atoms with Crippen LogP contribution in [-0.4, -0.2) is 12.5 Å². The molecule has 1 saturated carbocycles. The van der Waals surface area contributed by atoms with Crippen molar-refractivity contribution in [2.45, 2.75) is 25.3 Å². The van der Waals surface area contributed by atoms with E-state index in [1.54, 1.807) is 0 Å². The van der Waals surface area contributed by atoms with Gasteiger partial charge in [-0.2, -0.15) is 0 Å². The van der Waals surface area contributed by atoms with Crippen molar-refractivity contribution in [3.05, 3.63) is 34.9 Å². The second-order valence-electron chi connectivity index (χ2n) is 4.82. The Hall–Kier alpha value is -1.66. The number of guanidine groups is 1. The summed E-state index contributed by atoms with van der Waals surface area (Å²) in [4.78, 5) is 4.34. The van der Waals surface area contributed by atoms with E-state index in [0.717, 1.165) is 12.1 Å². The highest BCUT2D eigenvalue weighted by Crippen LogP contribution is 2.26. The van der Waals surface area contributed by atoms with Crippen molar-refractivity contribution in [2.75, 3.05) is 6.54 Å². The molecule has 100 valence electrons. The lowest BCUT2D eigenvalue weighted by Gasteiger charge is -2.23. The molecule has 1 aliphatic rings. The van der Waals surface area contributed by atoms with E-state index in [2.05, 4.69) is 16.2 Å². The summed E-state index contributed by atoms with van der Waals surface area (Å²) in [7, 11) is 0. The summed E-state index contributed by atoms with van der Waals surface area (Å²) in [5.41, 5.74) is 6.81. The lowest BCUT2D eigenvalue weighted by molar-refractivity contribution is 0.326. The fourth-order valence-corrected chi connectivity index (χ4v) is 2.10. The van der Waals surface area contributed by atoms with Gasteiger partial charge in [-0.15, -0.1) is 6.42 Å². The molecule has 0 bridgehead atoms. The van der Waals surface area contributed by atoms with Crippen LogP contribution in [0.3, 0.4) is 0 Å². The van der Waals surface area contributed by atoms with Crippen molar-refractivity contribution in [1.29, 1.82) is 0 Å². The summed E-state index contributed by atoms with van der Waals surface area (Å²) in [6, 6.07) is 7.12. The van der Waals surface area contributed by atoms with E-state index in [1.165, 1.54) is 19.3 Å². The zero-order valence-corrected chi connectivity index (χ0v) is 11.5. The molecule has 0 amide bonds. The quantitative estimate of drug-likeness (QED) is 0.504. The number of halogens is 1. The van der Waals surface area contributed by atoms with E-state index in [1.807, 2.05) is 24.3 Å². The standard InChI is InChI=1S/C15H18ClN3/c1-2-14(12-6-8-13(16)9-7-12)19-15(17)18-10-11-4-3-5-11/h1,6-9,11,14H,3-5,10H2,(H3,17,18,19). The van der Waals surface area contributed by atoms with E-state index < -0.39 is 0 Å². The van der Waals surface area contributed by atoms with Gasteiger partial charge in [-0.1, -0.05) is 36.1 Å². The molecule has 0 aliphatic heterocycles. The summed E-state index contributed by atoms with van der Waals surface area (Å²) >= 11 is 5.85. The van der Waals surface area contributed by atoms with Gasteiger partial charge >= 0.3 is 0 Å². The maximum absolute atomic E-state index is 5.86. The molecule has 3 nitrogen and oxygen atoms in total. The van der Waals surface area contributed by atoms with Crippen LogP contribution in [0.25, 0.3) is 0 Å². The third-order valence-corrected chi connectivity index (χ3v) is 3.66. The molecule has 0 spiro atoms. The smallest absolute Gasteiger partial charge is 0.189 e. The molecular weight excluding hydrogens is 258 g/mol. The van der Waals surface area contributed by atoms with Crippen molar-refractivity contribution < 1.29 is 0 Å². The van der Waals surface area contributed by atoms with Crippen molar-refractivity contribution in [1.82, 2.24) is 5.32 Å². The van der Waals surface area contributed by atoms with Crippen molar-refractivity contribution >= 4 is 17.6 Å². The van der Waals surface area contributed by atoms with Gasteiger partial charge < -0.3 is 11.1 Å². The van der Waals surface area contributed by atoms with Gasteiger partial charge in [0, 0.05) is 11.6 Å². The Bertz CT molecular complexity index is 483. The fourth-order valence-electron chi connectivity index (χ4n) is 1.97. The van der Waals surface area contributed by atoms with E-state index in [-0.39, 0.29) is 6.04 Å². The monoisotopic (exact) mass is 275 g/mol. The highest BCUT2D eigenvalue weighted by molar-refractivity contribution is 6.30. The number of terminal acetylenes is 1. The number of nitrogens with zero attached hydrogens (tertiary/aromatic N) is 1. The van der Waals surface area contributed by atoms with Gasteiger partial charge in [0.15, 0.2) is 5.96 Å². The summed E-state index contributed by atoms with van der Waals surface area (Å²) < 4.78 is 0. The van der Waals surface area contributed by atoms with Crippen LogP contribution >= 0.6 is 11.6 Å². The molecule has 1 atom stereocenters. The summed E-state index contributed by atoms with van der Waals surface area (Å²) in [5, 5.41) is 3.74. The first-order valence-corrected chi connectivity index (χ1v) is 6.85. The van der Waals surface area contributed by atoms with Gasteiger partial charge in [0.1, 0.15) is 6.04 Å². The largest absolute Gasteiger partial charge is 0.370 e. The molecule has 2 rings (SSSR count). The molecule has 4 heteroatoms. The van der Waals surface area contributed by atoms with E-state index >= 15 is 0 Å². The van der Waals surface area contributed by atoms with Crippen molar-refractivity contribution in [3.63, 3.8) is 0 Å². The first-order chi connectivity index (χ1) is 9.19. The maximum atomic E-state index is 5.86. The Balaban J connectivity index is 1.94. The van der Waals surface area contributed by atoms with Crippen LogP contribution in [0.1, 0.15) is 30.9 Å². The average Bonchev–Trinajstić information content (AvgIpc) is 2.35. The minimum Gasteiger partial charge on any atom is -0.370 e. The van der Waals surface area contributed by atoms with E-state index in [4.69, 9.17) is 23.8 Å². The number of benzene rings is 1. The zero-order chi connectivity index (χ0) is 13.7. The number of hydrogen-bond acceptors (Lipinski definition) is 1. The van der Waals surface area contributed by atoms with Gasteiger partial charge in [-0.25, -0.2) is 0 Å². The third kappa shape index (κ3) is 3.90.